The Labute approximate surface area is 189 Å². The third-order valence-electron chi connectivity index (χ3n) is 4.39. The number of hydrogen-bond donors (Lipinski definition) is 1. The number of aromatic carboxylic acids is 1. The van der Waals surface area contributed by atoms with Crippen LogP contribution in [0.15, 0.2) is 71.2 Å². The van der Waals surface area contributed by atoms with Gasteiger partial charge in [0.05, 0.1) is 10.9 Å². The normalized spacial score (nSPS) is 15.5. The van der Waals surface area contributed by atoms with E-state index in [1.54, 1.807) is 6.08 Å². The van der Waals surface area contributed by atoms with Crippen LogP contribution in [0.5, 0.6) is 0 Å². The van der Waals surface area contributed by atoms with Gasteiger partial charge in [-0.25, -0.2) is 0 Å². The smallest absolute Gasteiger partial charge is 0.266 e. The molecule has 0 unspecified atom stereocenters. The molecule has 0 bridgehead atoms. The van der Waals surface area contributed by atoms with Crippen molar-refractivity contribution in [3.8, 4) is 0 Å². The summed E-state index contributed by atoms with van der Waals surface area (Å²) in [6, 6.07) is 15.5. The number of carbonyl (C=O) groups is 3. The maximum Gasteiger partial charge on any atom is 0.266 e. The number of nitrogens with zero attached hydrogens (tertiary/aromatic N) is 1. The minimum Gasteiger partial charge on any atom is -0.545 e. The van der Waals surface area contributed by atoms with Gasteiger partial charge in [0.2, 0.25) is 5.91 Å². The van der Waals surface area contributed by atoms with Crippen LogP contribution >= 0.6 is 24.0 Å². The number of carboxylic acids is 1. The molecule has 3 rings (SSSR count). The first-order valence-corrected chi connectivity index (χ1v) is 10.7. The van der Waals surface area contributed by atoms with Gasteiger partial charge in [-0.2, -0.15) is 0 Å². The summed E-state index contributed by atoms with van der Waals surface area (Å²) in [6.45, 7) is 2.07. The molecule has 2 aromatic carbocycles. The lowest BCUT2D eigenvalue weighted by Crippen LogP contribution is -2.31. The molecule has 1 heterocycles. The van der Waals surface area contributed by atoms with E-state index in [0.717, 1.165) is 11.1 Å². The van der Waals surface area contributed by atoms with Crippen molar-refractivity contribution < 1.29 is 19.5 Å². The van der Waals surface area contributed by atoms with E-state index in [1.165, 1.54) is 40.9 Å². The topological polar surface area (TPSA) is 89.5 Å². The number of allylic oxidation sites excluding steroid dienone is 2. The summed E-state index contributed by atoms with van der Waals surface area (Å²) in [4.78, 5) is 37.6. The highest BCUT2D eigenvalue weighted by Gasteiger charge is 2.32. The summed E-state index contributed by atoms with van der Waals surface area (Å²) in [5.41, 5.74) is 2.45. The molecule has 6 nitrogen and oxygen atoms in total. The predicted octanol–water partition coefficient (Wildman–Crippen LogP) is 3.23. The van der Waals surface area contributed by atoms with Gasteiger partial charge >= 0.3 is 0 Å². The van der Waals surface area contributed by atoms with Crippen molar-refractivity contribution in [2.45, 2.75) is 13.3 Å². The second-order valence-electron chi connectivity index (χ2n) is 6.80. The zero-order valence-electron chi connectivity index (χ0n) is 16.7. The maximum atomic E-state index is 12.7. The van der Waals surface area contributed by atoms with E-state index in [4.69, 9.17) is 12.2 Å². The zero-order valence-corrected chi connectivity index (χ0v) is 18.3. The van der Waals surface area contributed by atoms with Crippen LogP contribution in [0.2, 0.25) is 0 Å². The minimum atomic E-state index is -1.28. The van der Waals surface area contributed by atoms with Crippen molar-refractivity contribution in [3.05, 3.63) is 82.3 Å². The van der Waals surface area contributed by atoms with E-state index in [1.807, 2.05) is 43.3 Å². The van der Waals surface area contributed by atoms with Gasteiger partial charge < -0.3 is 15.2 Å². The fraction of sp³-hybridized carbons (Fsp3) is 0.130. The number of thiocarbonyl (C=S) groups is 1. The van der Waals surface area contributed by atoms with Crippen LogP contribution in [0.1, 0.15) is 29.3 Å². The number of thioether (sulfide) groups is 1. The number of rotatable bonds is 7. The number of carboxylic acid groups (broad SMARTS) is 1. The lowest BCUT2D eigenvalue weighted by Gasteiger charge is -2.14. The Bertz CT molecular complexity index is 1080. The van der Waals surface area contributed by atoms with Crippen molar-refractivity contribution in [2.75, 3.05) is 11.9 Å². The Kier molecular flexibility index (Phi) is 7.38. The van der Waals surface area contributed by atoms with Crippen LogP contribution in [-0.4, -0.2) is 33.5 Å². The summed E-state index contributed by atoms with van der Waals surface area (Å²) in [5.74, 6) is -1.81. The molecular weight excluding hydrogens is 432 g/mol. The van der Waals surface area contributed by atoms with E-state index in [0.29, 0.717) is 14.9 Å². The van der Waals surface area contributed by atoms with Crippen molar-refractivity contribution in [1.82, 2.24) is 4.90 Å². The molecule has 1 aliphatic heterocycles. The molecule has 1 fully saturated rings. The molecule has 1 saturated heterocycles. The van der Waals surface area contributed by atoms with Gasteiger partial charge in [0.25, 0.3) is 5.91 Å². The Morgan fingerprint density at radius 2 is 1.81 bits per heavy atom. The average Bonchev–Trinajstić information content (AvgIpc) is 3.00. The Morgan fingerprint density at radius 1 is 1.13 bits per heavy atom. The van der Waals surface area contributed by atoms with Crippen LogP contribution in [0.4, 0.5) is 5.69 Å². The number of amides is 2. The molecule has 0 aliphatic carbocycles. The lowest BCUT2D eigenvalue weighted by molar-refractivity contribution is -0.255. The summed E-state index contributed by atoms with van der Waals surface area (Å²) < 4.78 is 0.412. The van der Waals surface area contributed by atoms with Crippen molar-refractivity contribution in [2.24, 2.45) is 0 Å². The van der Waals surface area contributed by atoms with Crippen molar-refractivity contribution in [1.29, 1.82) is 0 Å². The third kappa shape index (κ3) is 6.13. The van der Waals surface area contributed by atoms with Crippen LogP contribution < -0.4 is 10.4 Å². The summed E-state index contributed by atoms with van der Waals surface area (Å²) in [7, 11) is 0. The van der Waals surface area contributed by atoms with Gasteiger partial charge in [-0.05, 0) is 41.8 Å². The summed E-state index contributed by atoms with van der Waals surface area (Å²) in [6.07, 6.45) is 3.83. The molecule has 0 aromatic heterocycles. The van der Waals surface area contributed by atoms with Gasteiger partial charge in [0.15, 0.2) is 0 Å². The van der Waals surface area contributed by atoms with Gasteiger partial charge in [0.1, 0.15) is 4.32 Å². The van der Waals surface area contributed by atoms with Crippen LogP contribution in [0, 0.1) is 0 Å². The van der Waals surface area contributed by atoms with Crippen LogP contribution in [0.3, 0.4) is 0 Å². The fourth-order valence-corrected chi connectivity index (χ4v) is 4.24. The number of benzene rings is 2. The van der Waals surface area contributed by atoms with E-state index < -0.39 is 5.97 Å². The molecule has 0 atom stereocenters. The Hall–Kier alpha value is -3.23. The number of carbonyl (C=O) groups excluding carboxylic acids is 3. The molecule has 8 heteroatoms. The van der Waals surface area contributed by atoms with E-state index in [-0.39, 0.29) is 30.3 Å². The first-order valence-electron chi connectivity index (χ1n) is 9.43. The molecular formula is C23H19N2O4S2-. The first-order chi connectivity index (χ1) is 14.8. The molecule has 0 radical (unpaired) electrons. The molecule has 1 aliphatic rings. The van der Waals surface area contributed by atoms with E-state index in [9.17, 15) is 19.5 Å². The average molecular weight is 452 g/mol. The number of hydrogen-bond acceptors (Lipinski definition) is 6. The highest BCUT2D eigenvalue weighted by Crippen LogP contribution is 2.32. The Morgan fingerprint density at radius 3 is 2.45 bits per heavy atom. The molecule has 31 heavy (non-hydrogen) atoms. The highest BCUT2D eigenvalue weighted by atomic mass is 32.2. The third-order valence-corrected chi connectivity index (χ3v) is 5.77. The highest BCUT2D eigenvalue weighted by molar-refractivity contribution is 8.26. The second kappa shape index (κ2) is 10.2. The molecule has 2 aromatic rings. The van der Waals surface area contributed by atoms with Gasteiger partial charge in [0, 0.05) is 18.7 Å². The van der Waals surface area contributed by atoms with Crippen molar-refractivity contribution in [3.63, 3.8) is 0 Å². The first kappa shape index (κ1) is 22.5. The SMILES string of the molecule is CC(=Cc1ccccc1)C=C1SC(=S)N(CCC(=O)Nc2ccc(C(=O)[O-])cc2)C1=O. The number of anilines is 1. The summed E-state index contributed by atoms with van der Waals surface area (Å²) in [5, 5.41) is 13.4. The summed E-state index contributed by atoms with van der Waals surface area (Å²) >= 11 is 6.53. The molecule has 0 saturated carbocycles. The van der Waals surface area contributed by atoms with Crippen LogP contribution in [0.25, 0.3) is 6.08 Å². The quantitative estimate of drug-likeness (QED) is 0.514. The van der Waals surface area contributed by atoms with E-state index >= 15 is 0 Å². The molecule has 0 spiro atoms. The molecule has 1 N–H and O–H groups in total. The zero-order chi connectivity index (χ0) is 22.4. The number of nitrogens with one attached hydrogen (secondary N) is 1. The maximum absolute atomic E-state index is 12.7. The van der Waals surface area contributed by atoms with Crippen molar-refractivity contribution >= 4 is 57.8 Å². The molecule has 2 amide bonds. The largest absolute Gasteiger partial charge is 0.545 e. The minimum absolute atomic E-state index is 0.0268. The standard InChI is InChI=1S/C23H20N2O4S2/c1-15(13-16-5-3-2-4-6-16)14-19-21(27)25(23(30)31-19)12-11-20(26)24-18-9-7-17(8-10-18)22(28)29/h2-10,13-14H,11-12H2,1H3,(H,24,26)(H,28,29)/p-1. The van der Waals surface area contributed by atoms with E-state index in [2.05, 4.69) is 5.32 Å². The molecule has 158 valence electrons. The fourth-order valence-electron chi connectivity index (χ4n) is 2.88. The van der Waals surface area contributed by atoms with Gasteiger partial charge in [-0.1, -0.05) is 72.5 Å². The predicted molar refractivity (Wildman–Crippen MR) is 124 cm³/mol. The van der Waals surface area contributed by atoms with Gasteiger partial charge in [-0.15, -0.1) is 0 Å². The lowest BCUT2D eigenvalue weighted by atomic mass is 10.1. The van der Waals surface area contributed by atoms with Crippen LogP contribution in [-0.2, 0) is 9.59 Å². The monoisotopic (exact) mass is 451 g/mol. The van der Waals surface area contributed by atoms with Gasteiger partial charge in [-0.3, -0.25) is 14.5 Å². The Balaban J connectivity index is 1.57. The second-order valence-corrected chi connectivity index (χ2v) is 8.47.